The second-order valence-electron chi connectivity index (χ2n) is 7.26. The number of carbonyl (C=O) groups excluding carboxylic acids is 4. The lowest BCUT2D eigenvalue weighted by atomic mass is 10.0. The Morgan fingerprint density at radius 2 is 1.63 bits per heavy atom. The van der Waals surface area contributed by atoms with Gasteiger partial charge in [-0.1, -0.05) is 13.8 Å². The van der Waals surface area contributed by atoms with E-state index in [-0.39, 0.29) is 25.2 Å². The van der Waals surface area contributed by atoms with Crippen molar-refractivity contribution in [1.29, 1.82) is 0 Å². The zero-order chi connectivity index (χ0) is 23.3. The highest BCUT2D eigenvalue weighted by Crippen LogP contribution is 2.05. The first-order valence-corrected chi connectivity index (χ1v) is 11.0. The minimum Gasteiger partial charge on any atom is -0.480 e. The van der Waals surface area contributed by atoms with Crippen LogP contribution in [0.2, 0.25) is 0 Å². The zero-order valence-electron chi connectivity index (χ0n) is 17.6. The number of nitrogens with two attached hydrogens (primary N) is 2. The van der Waals surface area contributed by atoms with Gasteiger partial charge in [0.2, 0.25) is 23.6 Å². The number of aliphatic carboxylic acids is 1. The molecule has 0 bridgehead atoms. The van der Waals surface area contributed by atoms with Gasteiger partial charge in [0.15, 0.2) is 0 Å². The molecule has 12 heteroatoms. The third kappa shape index (κ3) is 12.3. The van der Waals surface area contributed by atoms with Gasteiger partial charge in [0.25, 0.3) is 0 Å². The first-order valence-electron chi connectivity index (χ1n) is 9.60. The van der Waals surface area contributed by atoms with Gasteiger partial charge in [0.05, 0.1) is 12.6 Å². The molecule has 0 aromatic carbocycles. The van der Waals surface area contributed by atoms with Crippen molar-refractivity contribution in [1.82, 2.24) is 16.0 Å². The lowest BCUT2D eigenvalue weighted by Crippen LogP contribution is -2.53. The van der Waals surface area contributed by atoms with E-state index in [0.29, 0.717) is 12.2 Å². The van der Waals surface area contributed by atoms with Crippen LogP contribution in [0.5, 0.6) is 0 Å². The van der Waals surface area contributed by atoms with E-state index in [9.17, 15) is 24.0 Å². The highest BCUT2D eigenvalue weighted by Gasteiger charge is 2.25. The molecule has 0 saturated heterocycles. The van der Waals surface area contributed by atoms with Crippen molar-refractivity contribution in [3.05, 3.63) is 0 Å². The summed E-state index contributed by atoms with van der Waals surface area (Å²) < 4.78 is 0. The van der Waals surface area contributed by atoms with Crippen LogP contribution >= 0.6 is 11.8 Å². The van der Waals surface area contributed by atoms with Gasteiger partial charge in [-0.05, 0) is 37.2 Å². The molecule has 0 radical (unpaired) electrons. The number of hydrogen-bond donors (Lipinski definition) is 6. The molecule has 0 rings (SSSR count). The summed E-state index contributed by atoms with van der Waals surface area (Å²) in [5.41, 5.74) is 10.9. The van der Waals surface area contributed by atoms with Crippen LogP contribution in [0.3, 0.4) is 0 Å². The van der Waals surface area contributed by atoms with Crippen LogP contribution in [0.25, 0.3) is 0 Å². The fourth-order valence-electron chi connectivity index (χ4n) is 2.48. The monoisotopic (exact) mass is 447 g/mol. The van der Waals surface area contributed by atoms with Crippen molar-refractivity contribution in [2.45, 2.75) is 57.7 Å². The molecule has 0 aliphatic rings. The number of rotatable bonds is 15. The summed E-state index contributed by atoms with van der Waals surface area (Å²) in [5, 5.41) is 16.3. The largest absolute Gasteiger partial charge is 0.480 e. The molecular formula is C18H33N5O6S. The summed E-state index contributed by atoms with van der Waals surface area (Å²) in [6.07, 6.45) is 2.24. The van der Waals surface area contributed by atoms with Gasteiger partial charge < -0.3 is 32.5 Å². The quantitative estimate of drug-likeness (QED) is 0.175. The van der Waals surface area contributed by atoms with E-state index < -0.39 is 54.3 Å². The molecule has 0 aliphatic carbocycles. The van der Waals surface area contributed by atoms with Gasteiger partial charge in [0.1, 0.15) is 12.1 Å². The van der Waals surface area contributed by atoms with Crippen LogP contribution in [0.4, 0.5) is 0 Å². The van der Waals surface area contributed by atoms with Gasteiger partial charge in [0, 0.05) is 6.42 Å². The van der Waals surface area contributed by atoms with Crippen LogP contribution < -0.4 is 27.4 Å². The predicted octanol–water partition coefficient (Wildman–Crippen LogP) is -1.45. The molecule has 0 spiro atoms. The third-order valence-electron chi connectivity index (χ3n) is 4.04. The second kappa shape index (κ2) is 14.6. The number of carboxylic acids is 1. The highest BCUT2D eigenvalue weighted by molar-refractivity contribution is 7.98. The van der Waals surface area contributed by atoms with Gasteiger partial charge in [-0.2, -0.15) is 11.8 Å². The average molecular weight is 448 g/mol. The van der Waals surface area contributed by atoms with E-state index in [1.807, 2.05) is 20.1 Å². The zero-order valence-corrected chi connectivity index (χ0v) is 18.4. The summed E-state index contributed by atoms with van der Waals surface area (Å²) >= 11 is 1.44. The molecular weight excluding hydrogens is 414 g/mol. The minimum absolute atomic E-state index is 0.0611. The lowest BCUT2D eigenvalue weighted by Gasteiger charge is -2.21. The first kappa shape index (κ1) is 27.7. The SMILES string of the molecule is CSCCC(NC(=O)CNC(=O)C(CCC(N)=O)NC(=O)C(N)CC(C)C)C(=O)O. The molecule has 3 unspecified atom stereocenters. The fraction of sp³-hybridized carbons (Fsp3) is 0.722. The summed E-state index contributed by atoms with van der Waals surface area (Å²) in [5.74, 6) is -3.05. The number of nitrogens with one attached hydrogen (secondary N) is 3. The molecule has 0 aromatic rings. The maximum absolute atomic E-state index is 12.4. The van der Waals surface area contributed by atoms with Crippen molar-refractivity contribution >= 4 is 41.4 Å². The van der Waals surface area contributed by atoms with E-state index in [2.05, 4.69) is 16.0 Å². The van der Waals surface area contributed by atoms with Crippen LogP contribution in [0.15, 0.2) is 0 Å². The van der Waals surface area contributed by atoms with Crippen molar-refractivity contribution in [2.75, 3.05) is 18.6 Å². The maximum Gasteiger partial charge on any atom is 0.326 e. The van der Waals surface area contributed by atoms with E-state index in [0.717, 1.165) is 0 Å². The van der Waals surface area contributed by atoms with Gasteiger partial charge in [-0.3, -0.25) is 19.2 Å². The number of carbonyl (C=O) groups is 5. The average Bonchev–Trinajstić information content (AvgIpc) is 2.65. The molecule has 11 nitrogen and oxygen atoms in total. The Kier molecular flexibility index (Phi) is 13.5. The smallest absolute Gasteiger partial charge is 0.326 e. The van der Waals surface area contributed by atoms with Gasteiger partial charge >= 0.3 is 5.97 Å². The Balaban J connectivity index is 4.86. The third-order valence-corrected chi connectivity index (χ3v) is 4.69. The molecule has 4 amide bonds. The molecule has 0 aliphatic heterocycles. The highest BCUT2D eigenvalue weighted by atomic mass is 32.2. The molecule has 0 fully saturated rings. The molecule has 8 N–H and O–H groups in total. The van der Waals surface area contributed by atoms with Crippen molar-refractivity contribution in [2.24, 2.45) is 17.4 Å². The number of carboxylic acid groups (broad SMARTS) is 1. The second-order valence-corrected chi connectivity index (χ2v) is 8.25. The molecule has 30 heavy (non-hydrogen) atoms. The Morgan fingerprint density at radius 3 is 2.13 bits per heavy atom. The van der Waals surface area contributed by atoms with Gasteiger partial charge in [-0.25, -0.2) is 4.79 Å². The van der Waals surface area contributed by atoms with Crippen molar-refractivity contribution < 1.29 is 29.1 Å². The lowest BCUT2D eigenvalue weighted by molar-refractivity contribution is -0.141. The Bertz CT molecular complexity index is 616. The Morgan fingerprint density at radius 1 is 1.00 bits per heavy atom. The maximum atomic E-state index is 12.4. The predicted molar refractivity (Wildman–Crippen MR) is 113 cm³/mol. The van der Waals surface area contributed by atoms with E-state index in [1.165, 1.54) is 11.8 Å². The topological polar surface area (TPSA) is 194 Å². The van der Waals surface area contributed by atoms with E-state index in [1.54, 1.807) is 0 Å². The number of amides is 4. The minimum atomic E-state index is -1.17. The Hall–Kier alpha value is -2.34. The van der Waals surface area contributed by atoms with Crippen molar-refractivity contribution in [3.63, 3.8) is 0 Å². The molecule has 0 saturated carbocycles. The van der Waals surface area contributed by atoms with E-state index >= 15 is 0 Å². The summed E-state index contributed by atoms with van der Waals surface area (Å²) in [6, 6.07) is -3.01. The molecule has 0 aromatic heterocycles. The molecule has 172 valence electrons. The van der Waals surface area contributed by atoms with Gasteiger partial charge in [-0.15, -0.1) is 0 Å². The van der Waals surface area contributed by atoms with Crippen molar-refractivity contribution in [3.8, 4) is 0 Å². The van der Waals surface area contributed by atoms with Crippen LogP contribution in [-0.4, -0.2) is 71.4 Å². The standard InChI is InChI=1S/C18H33N5O6S/c1-10(2)8-11(19)16(26)23-12(4-5-14(20)24)17(27)21-9-15(25)22-13(18(28)29)6-7-30-3/h10-13H,4-9,19H2,1-3H3,(H2,20,24)(H,21,27)(H,22,25)(H,23,26)(H,28,29). The number of hydrogen-bond acceptors (Lipinski definition) is 7. The molecule has 0 heterocycles. The Labute approximate surface area is 180 Å². The number of primary amides is 1. The normalized spacial score (nSPS) is 13.8. The van der Waals surface area contributed by atoms with Crippen LogP contribution in [0, 0.1) is 5.92 Å². The summed E-state index contributed by atoms with van der Waals surface area (Å²) in [7, 11) is 0. The van der Waals surface area contributed by atoms with Crippen LogP contribution in [-0.2, 0) is 24.0 Å². The summed E-state index contributed by atoms with van der Waals surface area (Å²) in [6.45, 7) is 3.31. The number of thioether (sulfide) groups is 1. The fourth-order valence-corrected chi connectivity index (χ4v) is 2.95. The van der Waals surface area contributed by atoms with E-state index in [4.69, 9.17) is 16.6 Å². The van der Waals surface area contributed by atoms with Crippen LogP contribution in [0.1, 0.15) is 39.5 Å². The molecule has 3 atom stereocenters. The summed E-state index contributed by atoms with van der Waals surface area (Å²) in [4.78, 5) is 58.9. The first-order chi connectivity index (χ1) is 14.0.